The van der Waals surface area contributed by atoms with Gasteiger partial charge in [0.25, 0.3) is 0 Å². The Labute approximate surface area is 168 Å². The van der Waals surface area contributed by atoms with Gasteiger partial charge in [0.15, 0.2) is 5.58 Å². The minimum absolute atomic E-state index is 0.0892. The van der Waals surface area contributed by atoms with E-state index in [0.29, 0.717) is 31.3 Å². The number of para-hydroxylation sites is 2. The van der Waals surface area contributed by atoms with Gasteiger partial charge in [0.1, 0.15) is 5.52 Å². The van der Waals surface area contributed by atoms with E-state index in [-0.39, 0.29) is 17.9 Å². The van der Waals surface area contributed by atoms with Crippen LogP contribution >= 0.6 is 0 Å². The van der Waals surface area contributed by atoms with Crippen molar-refractivity contribution in [2.24, 2.45) is 5.92 Å². The average Bonchev–Trinajstić information content (AvgIpc) is 3.19. The summed E-state index contributed by atoms with van der Waals surface area (Å²) in [7, 11) is 0. The van der Waals surface area contributed by atoms with Gasteiger partial charge >= 0.3 is 6.09 Å². The quantitative estimate of drug-likeness (QED) is 0.714. The lowest BCUT2D eigenvalue weighted by Gasteiger charge is -2.31. The van der Waals surface area contributed by atoms with Crippen molar-refractivity contribution in [1.29, 1.82) is 0 Å². The maximum absolute atomic E-state index is 12.6. The SMILES string of the molecule is CCOC(=O)N1CCCC(C(=O)Nc2ccc(-c3nc4ccccc4o3)cc2)C1. The van der Waals surface area contributed by atoms with E-state index in [0.717, 1.165) is 29.5 Å². The van der Waals surface area contributed by atoms with Crippen LogP contribution in [0.4, 0.5) is 10.5 Å². The zero-order valence-electron chi connectivity index (χ0n) is 16.3. The van der Waals surface area contributed by atoms with Gasteiger partial charge in [-0.3, -0.25) is 4.79 Å². The molecule has 1 fully saturated rings. The highest BCUT2D eigenvalue weighted by molar-refractivity contribution is 5.93. The van der Waals surface area contributed by atoms with E-state index in [4.69, 9.17) is 9.15 Å². The number of nitrogens with zero attached hydrogens (tertiary/aromatic N) is 2. The van der Waals surface area contributed by atoms with E-state index >= 15 is 0 Å². The van der Waals surface area contributed by atoms with E-state index in [1.807, 2.05) is 48.5 Å². The minimum atomic E-state index is -0.354. The molecule has 4 rings (SSSR count). The molecular weight excluding hydrogens is 370 g/mol. The Morgan fingerprint density at radius 2 is 2.00 bits per heavy atom. The highest BCUT2D eigenvalue weighted by atomic mass is 16.6. The zero-order valence-corrected chi connectivity index (χ0v) is 16.3. The summed E-state index contributed by atoms with van der Waals surface area (Å²) in [6.07, 6.45) is 1.18. The molecule has 0 aliphatic carbocycles. The van der Waals surface area contributed by atoms with E-state index in [1.54, 1.807) is 11.8 Å². The van der Waals surface area contributed by atoms with Crippen molar-refractivity contribution in [3.05, 3.63) is 48.5 Å². The van der Waals surface area contributed by atoms with Gasteiger partial charge in [0.05, 0.1) is 12.5 Å². The molecule has 1 N–H and O–H groups in total. The summed E-state index contributed by atoms with van der Waals surface area (Å²) >= 11 is 0. The first-order valence-corrected chi connectivity index (χ1v) is 9.82. The summed E-state index contributed by atoms with van der Waals surface area (Å²) in [5.74, 6) is 0.208. The highest BCUT2D eigenvalue weighted by Crippen LogP contribution is 2.26. The van der Waals surface area contributed by atoms with Gasteiger partial charge in [-0.05, 0) is 56.2 Å². The number of likely N-dealkylation sites (tertiary alicyclic amines) is 1. The van der Waals surface area contributed by atoms with Crippen molar-refractivity contribution in [1.82, 2.24) is 9.88 Å². The van der Waals surface area contributed by atoms with Crippen molar-refractivity contribution < 1.29 is 18.7 Å². The average molecular weight is 393 g/mol. The van der Waals surface area contributed by atoms with E-state index in [1.165, 1.54) is 0 Å². The predicted molar refractivity (Wildman–Crippen MR) is 109 cm³/mol. The number of oxazole rings is 1. The fraction of sp³-hybridized carbons (Fsp3) is 0.318. The van der Waals surface area contributed by atoms with Crippen LogP contribution in [-0.4, -0.2) is 41.6 Å². The van der Waals surface area contributed by atoms with Crippen molar-refractivity contribution in [2.45, 2.75) is 19.8 Å². The van der Waals surface area contributed by atoms with Crippen molar-refractivity contribution in [3.8, 4) is 11.5 Å². The van der Waals surface area contributed by atoms with E-state index < -0.39 is 0 Å². The maximum atomic E-state index is 12.6. The number of carbonyl (C=O) groups excluding carboxylic acids is 2. The fourth-order valence-corrected chi connectivity index (χ4v) is 3.51. The Kier molecular flexibility index (Phi) is 5.46. The van der Waals surface area contributed by atoms with Crippen molar-refractivity contribution >= 4 is 28.8 Å². The molecule has 1 aliphatic heterocycles. The Morgan fingerprint density at radius 1 is 1.21 bits per heavy atom. The molecule has 1 unspecified atom stereocenters. The van der Waals surface area contributed by atoms with Crippen LogP contribution in [0.3, 0.4) is 0 Å². The maximum Gasteiger partial charge on any atom is 0.409 e. The van der Waals surface area contributed by atoms with Gasteiger partial charge in [-0.25, -0.2) is 9.78 Å². The number of amides is 2. The summed E-state index contributed by atoms with van der Waals surface area (Å²) in [5, 5.41) is 2.94. The lowest BCUT2D eigenvalue weighted by molar-refractivity contribution is -0.121. The number of nitrogens with one attached hydrogen (secondary N) is 1. The number of hydrogen-bond acceptors (Lipinski definition) is 5. The first-order valence-electron chi connectivity index (χ1n) is 9.82. The summed E-state index contributed by atoms with van der Waals surface area (Å²) in [6.45, 7) is 3.11. The number of carbonyl (C=O) groups is 2. The first kappa shape index (κ1) is 19.0. The van der Waals surface area contributed by atoms with Gasteiger partial charge in [-0.15, -0.1) is 0 Å². The standard InChI is InChI=1S/C22H23N3O4/c1-2-28-22(27)25-13-5-6-16(14-25)20(26)23-17-11-9-15(10-12-17)21-24-18-7-3-4-8-19(18)29-21/h3-4,7-12,16H,2,5-6,13-14H2,1H3,(H,23,26). The Hall–Kier alpha value is -3.35. The Bertz CT molecular complexity index is 979. The molecule has 1 aliphatic rings. The summed E-state index contributed by atoms with van der Waals surface area (Å²) in [5.41, 5.74) is 3.08. The van der Waals surface area contributed by atoms with Crippen LogP contribution in [0.5, 0.6) is 0 Å². The third kappa shape index (κ3) is 4.23. The molecule has 0 radical (unpaired) electrons. The molecule has 2 amide bonds. The van der Waals surface area contributed by atoms with Gasteiger partial charge in [0.2, 0.25) is 11.8 Å². The van der Waals surface area contributed by atoms with Crippen molar-refractivity contribution in [3.63, 3.8) is 0 Å². The number of aromatic nitrogens is 1. The number of hydrogen-bond donors (Lipinski definition) is 1. The molecule has 2 heterocycles. The summed E-state index contributed by atoms with van der Waals surface area (Å²) in [6, 6.07) is 15.0. The van der Waals surface area contributed by atoms with Gasteiger partial charge in [-0.1, -0.05) is 12.1 Å². The third-order valence-corrected chi connectivity index (χ3v) is 5.01. The molecule has 1 atom stereocenters. The van der Waals surface area contributed by atoms with Gasteiger partial charge in [0, 0.05) is 24.3 Å². The molecular formula is C22H23N3O4. The second kappa shape index (κ2) is 8.34. The molecule has 3 aromatic rings. The number of anilines is 1. The summed E-state index contributed by atoms with van der Waals surface area (Å²) < 4.78 is 10.8. The Balaban J connectivity index is 1.40. The van der Waals surface area contributed by atoms with E-state index in [9.17, 15) is 9.59 Å². The normalized spacial score (nSPS) is 16.6. The molecule has 2 aromatic carbocycles. The predicted octanol–water partition coefficient (Wildman–Crippen LogP) is 4.30. The topological polar surface area (TPSA) is 84.7 Å². The minimum Gasteiger partial charge on any atom is -0.450 e. The van der Waals surface area contributed by atoms with Gasteiger partial charge < -0.3 is 19.4 Å². The molecule has 0 saturated carbocycles. The van der Waals surface area contributed by atoms with Crippen LogP contribution in [-0.2, 0) is 9.53 Å². The second-order valence-corrected chi connectivity index (χ2v) is 7.04. The fourth-order valence-electron chi connectivity index (χ4n) is 3.51. The van der Waals surface area contributed by atoms with Crippen LogP contribution < -0.4 is 5.32 Å². The van der Waals surface area contributed by atoms with Crippen LogP contribution in [0.25, 0.3) is 22.6 Å². The number of ether oxygens (including phenoxy) is 1. The molecule has 7 heteroatoms. The highest BCUT2D eigenvalue weighted by Gasteiger charge is 2.29. The molecule has 0 spiro atoms. The monoisotopic (exact) mass is 393 g/mol. The molecule has 29 heavy (non-hydrogen) atoms. The lowest BCUT2D eigenvalue weighted by atomic mass is 9.97. The summed E-state index contributed by atoms with van der Waals surface area (Å²) in [4.78, 5) is 30.7. The number of benzene rings is 2. The van der Waals surface area contributed by atoms with E-state index in [2.05, 4.69) is 10.3 Å². The number of piperidine rings is 1. The third-order valence-electron chi connectivity index (χ3n) is 5.01. The number of rotatable bonds is 4. The molecule has 150 valence electrons. The van der Waals surface area contributed by atoms with Crippen molar-refractivity contribution in [2.75, 3.05) is 25.0 Å². The van der Waals surface area contributed by atoms with Crippen LogP contribution in [0.15, 0.2) is 52.9 Å². The number of fused-ring (bicyclic) bond motifs is 1. The van der Waals surface area contributed by atoms with Crippen LogP contribution in [0.2, 0.25) is 0 Å². The lowest BCUT2D eigenvalue weighted by Crippen LogP contribution is -2.44. The largest absolute Gasteiger partial charge is 0.450 e. The molecule has 1 saturated heterocycles. The smallest absolute Gasteiger partial charge is 0.409 e. The molecule has 1 aromatic heterocycles. The second-order valence-electron chi connectivity index (χ2n) is 7.04. The molecule has 7 nitrogen and oxygen atoms in total. The van der Waals surface area contributed by atoms with Crippen LogP contribution in [0.1, 0.15) is 19.8 Å². The Morgan fingerprint density at radius 3 is 2.76 bits per heavy atom. The zero-order chi connectivity index (χ0) is 20.2. The van der Waals surface area contributed by atoms with Gasteiger partial charge in [-0.2, -0.15) is 0 Å². The first-order chi connectivity index (χ1) is 14.1. The molecule has 0 bridgehead atoms. The van der Waals surface area contributed by atoms with Crippen LogP contribution in [0, 0.1) is 5.92 Å².